The lowest BCUT2D eigenvalue weighted by Crippen LogP contribution is -2.55. The zero-order valence-electron chi connectivity index (χ0n) is 16.6. The third kappa shape index (κ3) is 8.30. The van der Waals surface area contributed by atoms with E-state index >= 15 is 0 Å². The molecule has 0 radical (unpaired) electrons. The Kier molecular flexibility index (Phi) is 9.87. The molecule has 0 aliphatic heterocycles. The van der Waals surface area contributed by atoms with Crippen LogP contribution in [0.25, 0.3) is 0 Å². The van der Waals surface area contributed by atoms with E-state index in [1.807, 2.05) is 30.3 Å². The molecule has 0 heterocycles. The average molecular weight is 390 g/mol. The summed E-state index contributed by atoms with van der Waals surface area (Å²) in [4.78, 5) is 36.6. The summed E-state index contributed by atoms with van der Waals surface area (Å²) in [7, 11) is 0. The predicted molar refractivity (Wildman–Crippen MR) is 107 cm³/mol. The van der Waals surface area contributed by atoms with Gasteiger partial charge in [0.25, 0.3) is 0 Å². The van der Waals surface area contributed by atoms with E-state index in [-0.39, 0.29) is 30.6 Å². The molecule has 0 aromatic heterocycles. The van der Waals surface area contributed by atoms with Crippen molar-refractivity contribution in [1.82, 2.24) is 16.0 Å². The van der Waals surface area contributed by atoms with Crippen LogP contribution in [-0.2, 0) is 20.9 Å². The smallest absolute Gasteiger partial charge is 0.243 e. The first-order chi connectivity index (χ1) is 13.2. The number of aliphatic hydroxyl groups is 1. The van der Waals surface area contributed by atoms with E-state index in [1.165, 1.54) is 6.92 Å². The molecule has 0 aliphatic carbocycles. The van der Waals surface area contributed by atoms with Gasteiger partial charge in [-0.25, -0.2) is 0 Å². The van der Waals surface area contributed by atoms with E-state index in [1.54, 1.807) is 13.8 Å². The minimum Gasteiger partial charge on any atom is -0.387 e. The fourth-order valence-corrected chi connectivity index (χ4v) is 2.61. The third-order valence-electron chi connectivity index (χ3n) is 4.19. The highest BCUT2D eigenvalue weighted by atomic mass is 16.3. The van der Waals surface area contributed by atoms with Gasteiger partial charge in [-0.3, -0.25) is 14.4 Å². The standard InChI is InChI=1S/C20H30N4O4/c1-13(2)18(23-14(3)25)20(28)24-17(10-9-16(26)11-21)19(27)22-12-15-7-5-4-6-8-15/h4-8,11,13,16-18,21,26H,9-10,12H2,1-3H3,(H,22,27)(H,23,25)(H,24,28)/t16?,17-,18-/m0/s1. The molecular formula is C20H30N4O4. The molecule has 0 spiro atoms. The van der Waals surface area contributed by atoms with Crippen LogP contribution < -0.4 is 16.0 Å². The Morgan fingerprint density at radius 3 is 2.25 bits per heavy atom. The Hall–Kier alpha value is -2.74. The Morgan fingerprint density at radius 2 is 1.71 bits per heavy atom. The van der Waals surface area contributed by atoms with Gasteiger partial charge in [-0.05, 0) is 24.3 Å². The molecule has 5 N–H and O–H groups in total. The van der Waals surface area contributed by atoms with E-state index in [2.05, 4.69) is 16.0 Å². The number of benzene rings is 1. The van der Waals surface area contributed by atoms with Gasteiger partial charge in [-0.15, -0.1) is 0 Å². The molecular weight excluding hydrogens is 360 g/mol. The van der Waals surface area contributed by atoms with Gasteiger partial charge in [0.15, 0.2) is 0 Å². The number of hydrogen-bond acceptors (Lipinski definition) is 5. The van der Waals surface area contributed by atoms with E-state index < -0.39 is 24.1 Å². The summed E-state index contributed by atoms with van der Waals surface area (Å²) in [6.45, 7) is 5.22. The van der Waals surface area contributed by atoms with Gasteiger partial charge in [0.1, 0.15) is 12.1 Å². The predicted octanol–water partition coefficient (Wildman–Crippen LogP) is 0.739. The highest BCUT2D eigenvalue weighted by molar-refractivity contribution is 5.91. The van der Waals surface area contributed by atoms with Gasteiger partial charge in [-0.1, -0.05) is 44.2 Å². The van der Waals surface area contributed by atoms with E-state index in [4.69, 9.17) is 5.41 Å². The maximum atomic E-state index is 12.6. The highest BCUT2D eigenvalue weighted by Gasteiger charge is 2.28. The lowest BCUT2D eigenvalue weighted by atomic mass is 10.0. The fourth-order valence-electron chi connectivity index (χ4n) is 2.61. The van der Waals surface area contributed by atoms with Crippen molar-refractivity contribution in [2.75, 3.05) is 0 Å². The number of carbonyl (C=O) groups is 3. The summed E-state index contributed by atoms with van der Waals surface area (Å²) in [6.07, 6.45) is 0.209. The molecule has 1 unspecified atom stereocenters. The molecule has 0 saturated heterocycles. The van der Waals surface area contributed by atoms with Crippen molar-refractivity contribution in [2.24, 2.45) is 5.92 Å². The van der Waals surface area contributed by atoms with E-state index in [0.717, 1.165) is 11.8 Å². The summed E-state index contributed by atoms with van der Waals surface area (Å²) < 4.78 is 0. The molecule has 8 heteroatoms. The van der Waals surface area contributed by atoms with Gasteiger partial charge in [0.05, 0.1) is 6.10 Å². The number of amides is 3. The van der Waals surface area contributed by atoms with Crippen molar-refractivity contribution in [1.29, 1.82) is 5.41 Å². The molecule has 1 rings (SSSR count). The fraction of sp³-hybridized carbons (Fsp3) is 0.500. The van der Waals surface area contributed by atoms with Crippen LogP contribution in [0.2, 0.25) is 0 Å². The number of aliphatic hydroxyl groups excluding tert-OH is 1. The van der Waals surface area contributed by atoms with Crippen LogP contribution in [0.5, 0.6) is 0 Å². The molecule has 8 nitrogen and oxygen atoms in total. The molecule has 154 valence electrons. The molecule has 0 aliphatic rings. The third-order valence-corrected chi connectivity index (χ3v) is 4.19. The van der Waals surface area contributed by atoms with Crippen LogP contribution in [-0.4, -0.2) is 47.2 Å². The molecule has 1 aromatic rings. The molecule has 3 amide bonds. The first-order valence-corrected chi connectivity index (χ1v) is 9.32. The molecule has 1 aromatic carbocycles. The highest BCUT2D eigenvalue weighted by Crippen LogP contribution is 2.07. The largest absolute Gasteiger partial charge is 0.387 e. The second-order valence-corrected chi connectivity index (χ2v) is 7.00. The lowest BCUT2D eigenvalue weighted by molar-refractivity contribution is -0.132. The Morgan fingerprint density at radius 1 is 1.07 bits per heavy atom. The molecule has 28 heavy (non-hydrogen) atoms. The van der Waals surface area contributed by atoms with Crippen molar-refractivity contribution >= 4 is 23.9 Å². The first kappa shape index (κ1) is 23.3. The van der Waals surface area contributed by atoms with Crippen molar-refractivity contribution in [3.8, 4) is 0 Å². The summed E-state index contributed by atoms with van der Waals surface area (Å²) in [5, 5.41) is 24.7. The second-order valence-electron chi connectivity index (χ2n) is 7.00. The number of nitrogens with one attached hydrogen (secondary N) is 4. The molecule has 3 atom stereocenters. The number of carbonyl (C=O) groups excluding carboxylic acids is 3. The van der Waals surface area contributed by atoms with Crippen LogP contribution >= 0.6 is 0 Å². The van der Waals surface area contributed by atoms with Crippen molar-refractivity contribution in [3.05, 3.63) is 35.9 Å². The zero-order chi connectivity index (χ0) is 21.1. The summed E-state index contributed by atoms with van der Waals surface area (Å²) in [5.41, 5.74) is 0.916. The normalized spacial score (nSPS) is 13.9. The minimum absolute atomic E-state index is 0.152. The van der Waals surface area contributed by atoms with Crippen LogP contribution in [0.4, 0.5) is 0 Å². The maximum Gasteiger partial charge on any atom is 0.243 e. The Bertz CT molecular complexity index is 663. The summed E-state index contributed by atoms with van der Waals surface area (Å²) in [5.74, 6) is -1.35. The van der Waals surface area contributed by atoms with Gasteiger partial charge >= 0.3 is 0 Å². The van der Waals surface area contributed by atoms with E-state index in [9.17, 15) is 19.5 Å². The molecule has 0 fully saturated rings. The Labute approximate surface area is 165 Å². The summed E-state index contributed by atoms with van der Waals surface area (Å²) >= 11 is 0. The summed E-state index contributed by atoms with van der Waals surface area (Å²) in [6, 6.07) is 7.69. The number of hydrogen-bond donors (Lipinski definition) is 5. The van der Waals surface area contributed by atoms with Gasteiger partial charge in [0.2, 0.25) is 17.7 Å². The SMILES string of the molecule is CC(=O)N[C@H](C(=O)N[C@@H](CCC(O)C=N)C(=O)NCc1ccccc1)C(C)C. The first-order valence-electron chi connectivity index (χ1n) is 9.32. The second kappa shape index (κ2) is 11.9. The monoisotopic (exact) mass is 390 g/mol. The van der Waals surface area contributed by atoms with Gasteiger partial charge in [0, 0.05) is 19.7 Å². The number of rotatable bonds is 11. The maximum absolute atomic E-state index is 12.6. The van der Waals surface area contributed by atoms with Crippen molar-refractivity contribution < 1.29 is 19.5 Å². The lowest BCUT2D eigenvalue weighted by Gasteiger charge is -2.25. The molecule has 0 bridgehead atoms. The molecule has 0 saturated carbocycles. The van der Waals surface area contributed by atoms with Crippen LogP contribution in [0.1, 0.15) is 39.2 Å². The quantitative estimate of drug-likeness (QED) is 0.357. The minimum atomic E-state index is -0.988. The van der Waals surface area contributed by atoms with E-state index in [0.29, 0.717) is 6.54 Å². The van der Waals surface area contributed by atoms with Gasteiger partial charge < -0.3 is 26.5 Å². The van der Waals surface area contributed by atoms with Crippen LogP contribution in [0, 0.1) is 11.3 Å². The zero-order valence-corrected chi connectivity index (χ0v) is 16.6. The topological polar surface area (TPSA) is 131 Å². The van der Waals surface area contributed by atoms with Crippen molar-refractivity contribution in [2.45, 2.75) is 58.3 Å². The van der Waals surface area contributed by atoms with Crippen molar-refractivity contribution in [3.63, 3.8) is 0 Å². The van der Waals surface area contributed by atoms with Gasteiger partial charge in [-0.2, -0.15) is 0 Å². The van der Waals surface area contributed by atoms with Crippen LogP contribution in [0.3, 0.4) is 0 Å². The Balaban J connectivity index is 2.81. The average Bonchev–Trinajstić information content (AvgIpc) is 2.67. The van der Waals surface area contributed by atoms with Crippen LogP contribution in [0.15, 0.2) is 30.3 Å².